The maximum atomic E-state index is 11.4. The molecule has 0 radical (unpaired) electrons. The Balaban J connectivity index is 1.75. The lowest BCUT2D eigenvalue weighted by Crippen LogP contribution is -2.50. The number of likely N-dealkylation sites (N-methyl/N-ethyl adjacent to an activating group) is 1. The summed E-state index contributed by atoms with van der Waals surface area (Å²) in [7, 11) is 2.18. The van der Waals surface area contributed by atoms with E-state index in [0.29, 0.717) is 5.92 Å². The molecule has 1 aliphatic heterocycles. The standard InChI is InChI=1S/C18H27ClN2O/c1-20-9-11-21(12-10-20)14-16-5-2-3-8-18(16,22)15-6-4-7-17(19)13-15/h4,6-7,13,16,22H,2-3,5,8-12,14H2,1H3. The SMILES string of the molecule is CN1CCN(CC2CCCCC2(O)c2cccc(Cl)c2)CC1. The molecular weight excluding hydrogens is 296 g/mol. The smallest absolute Gasteiger partial charge is 0.0937 e. The zero-order valence-corrected chi connectivity index (χ0v) is 14.2. The first kappa shape index (κ1) is 16.3. The first-order chi connectivity index (χ1) is 10.6. The van der Waals surface area contributed by atoms with Crippen LogP contribution >= 0.6 is 11.6 Å². The Morgan fingerprint density at radius 3 is 2.73 bits per heavy atom. The van der Waals surface area contributed by atoms with Gasteiger partial charge in [0.2, 0.25) is 0 Å². The van der Waals surface area contributed by atoms with E-state index in [9.17, 15) is 5.11 Å². The third kappa shape index (κ3) is 3.48. The summed E-state index contributed by atoms with van der Waals surface area (Å²) >= 11 is 6.15. The summed E-state index contributed by atoms with van der Waals surface area (Å²) in [5.74, 6) is 0.308. The highest BCUT2D eigenvalue weighted by atomic mass is 35.5. The fourth-order valence-corrected chi connectivity index (χ4v) is 4.14. The second kappa shape index (κ2) is 6.88. The van der Waals surface area contributed by atoms with Crippen molar-refractivity contribution in [1.82, 2.24) is 9.80 Å². The van der Waals surface area contributed by atoms with E-state index in [1.807, 2.05) is 24.3 Å². The molecular formula is C18H27ClN2O. The van der Waals surface area contributed by atoms with Crippen molar-refractivity contribution in [3.8, 4) is 0 Å². The van der Waals surface area contributed by atoms with E-state index in [1.54, 1.807) is 0 Å². The summed E-state index contributed by atoms with van der Waals surface area (Å²) in [4.78, 5) is 4.89. The predicted octanol–water partition coefficient (Wildman–Crippen LogP) is 2.97. The molecule has 1 aromatic carbocycles. The maximum absolute atomic E-state index is 11.4. The van der Waals surface area contributed by atoms with Gasteiger partial charge >= 0.3 is 0 Å². The van der Waals surface area contributed by atoms with Gasteiger partial charge in [-0.05, 0) is 37.6 Å². The highest BCUT2D eigenvalue weighted by Crippen LogP contribution is 2.42. The Labute approximate surface area is 138 Å². The molecule has 3 nitrogen and oxygen atoms in total. The molecule has 0 aromatic heterocycles. The van der Waals surface area contributed by atoms with Crippen LogP contribution in [-0.4, -0.2) is 54.7 Å². The van der Waals surface area contributed by atoms with E-state index < -0.39 is 5.60 Å². The van der Waals surface area contributed by atoms with Crippen molar-refractivity contribution in [3.63, 3.8) is 0 Å². The molecule has 2 atom stereocenters. The highest BCUT2D eigenvalue weighted by molar-refractivity contribution is 6.30. The average Bonchev–Trinajstić information content (AvgIpc) is 2.52. The van der Waals surface area contributed by atoms with Crippen molar-refractivity contribution in [3.05, 3.63) is 34.9 Å². The third-order valence-corrected chi connectivity index (χ3v) is 5.67. The topological polar surface area (TPSA) is 26.7 Å². The Hall–Kier alpha value is -0.610. The summed E-state index contributed by atoms with van der Waals surface area (Å²) in [6.07, 6.45) is 4.28. The minimum Gasteiger partial charge on any atom is -0.385 e. The Kier molecular flexibility index (Phi) is 5.08. The molecule has 1 heterocycles. The zero-order chi connectivity index (χ0) is 15.6. The van der Waals surface area contributed by atoms with Gasteiger partial charge in [0.15, 0.2) is 0 Å². The summed E-state index contributed by atoms with van der Waals surface area (Å²) in [5.41, 5.74) is 0.283. The number of halogens is 1. The Morgan fingerprint density at radius 2 is 2.00 bits per heavy atom. The zero-order valence-electron chi connectivity index (χ0n) is 13.5. The number of piperazine rings is 1. The maximum Gasteiger partial charge on any atom is 0.0937 e. The van der Waals surface area contributed by atoms with Gasteiger partial charge in [0.1, 0.15) is 0 Å². The molecule has 2 fully saturated rings. The van der Waals surface area contributed by atoms with Gasteiger partial charge in [-0.3, -0.25) is 0 Å². The van der Waals surface area contributed by atoms with Crippen LogP contribution in [0, 0.1) is 5.92 Å². The van der Waals surface area contributed by atoms with E-state index in [-0.39, 0.29) is 0 Å². The number of aliphatic hydroxyl groups is 1. The molecule has 1 aromatic rings. The van der Waals surface area contributed by atoms with Crippen LogP contribution in [0.15, 0.2) is 24.3 Å². The lowest BCUT2D eigenvalue weighted by atomic mass is 9.71. The molecule has 1 saturated carbocycles. The second-order valence-electron chi connectivity index (χ2n) is 6.98. The summed E-state index contributed by atoms with van der Waals surface area (Å²) in [6, 6.07) is 7.82. The summed E-state index contributed by atoms with van der Waals surface area (Å²) in [5, 5.41) is 12.1. The summed E-state index contributed by atoms with van der Waals surface area (Å²) in [6.45, 7) is 5.47. The number of nitrogens with zero attached hydrogens (tertiary/aromatic N) is 2. The minimum absolute atomic E-state index is 0.308. The van der Waals surface area contributed by atoms with E-state index in [1.165, 1.54) is 6.42 Å². The molecule has 1 saturated heterocycles. The van der Waals surface area contributed by atoms with Crippen molar-refractivity contribution >= 4 is 11.6 Å². The number of hydrogen-bond acceptors (Lipinski definition) is 3. The molecule has 1 N–H and O–H groups in total. The van der Waals surface area contributed by atoms with Crippen LogP contribution in [0.5, 0.6) is 0 Å². The number of rotatable bonds is 3. The van der Waals surface area contributed by atoms with Crippen LogP contribution in [0.2, 0.25) is 5.02 Å². The molecule has 2 unspecified atom stereocenters. The van der Waals surface area contributed by atoms with E-state index in [0.717, 1.165) is 62.6 Å². The van der Waals surface area contributed by atoms with Crippen molar-refractivity contribution in [2.24, 2.45) is 5.92 Å². The third-order valence-electron chi connectivity index (χ3n) is 5.43. The van der Waals surface area contributed by atoms with E-state index in [4.69, 9.17) is 11.6 Å². The van der Waals surface area contributed by atoms with Gasteiger partial charge in [-0.15, -0.1) is 0 Å². The molecule has 1 aliphatic carbocycles. The molecule has 3 rings (SSSR count). The van der Waals surface area contributed by atoms with Crippen LogP contribution in [0.3, 0.4) is 0 Å². The molecule has 4 heteroatoms. The number of hydrogen-bond donors (Lipinski definition) is 1. The van der Waals surface area contributed by atoms with Gasteiger partial charge in [-0.2, -0.15) is 0 Å². The van der Waals surface area contributed by atoms with Gasteiger partial charge in [0.25, 0.3) is 0 Å². The van der Waals surface area contributed by atoms with Crippen molar-refractivity contribution in [2.75, 3.05) is 39.8 Å². The molecule has 122 valence electrons. The first-order valence-electron chi connectivity index (χ1n) is 8.47. The largest absolute Gasteiger partial charge is 0.385 e. The lowest BCUT2D eigenvalue weighted by molar-refractivity contribution is -0.0684. The monoisotopic (exact) mass is 322 g/mol. The molecule has 22 heavy (non-hydrogen) atoms. The van der Waals surface area contributed by atoms with Gasteiger partial charge in [0, 0.05) is 43.7 Å². The van der Waals surface area contributed by atoms with Gasteiger partial charge in [-0.25, -0.2) is 0 Å². The first-order valence-corrected chi connectivity index (χ1v) is 8.85. The minimum atomic E-state index is -0.716. The molecule has 2 aliphatic rings. The lowest BCUT2D eigenvalue weighted by Gasteiger charge is -2.44. The van der Waals surface area contributed by atoms with Crippen LogP contribution in [0.25, 0.3) is 0 Å². The van der Waals surface area contributed by atoms with Crippen LogP contribution in [0.4, 0.5) is 0 Å². The normalized spacial score (nSPS) is 31.3. The molecule has 0 bridgehead atoms. The predicted molar refractivity (Wildman–Crippen MR) is 91.2 cm³/mol. The van der Waals surface area contributed by atoms with Gasteiger partial charge in [0.05, 0.1) is 5.60 Å². The molecule has 0 amide bonds. The van der Waals surface area contributed by atoms with Crippen LogP contribution in [0.1, 0.15) is 31.2 Å². The fourth-order valence-electron chi connectivity index (χ4n) is 3.95. The number of benzene rings is 1. The van der Waals surface area contributed by atoms with E-state index in [2.05, 4.69) is 16.8 Å². The van der Waals surface area contributed by atoms with Crippen molar-refractivity contribution < 1.29 is 5.11 Å². The Bertz CT molecular complexity index is 502. The summed E-state index contributed by atoms with van der Waals surface area (Å²) < 4.78 is 0. The highest BCUT2D eigenvalue weighted by Gasteiger charge is 2.41. The quantitative estimate of drug-likeness (QED) is 0.927. The van der Waals surface area contributed by atoms with Gasteiger partial charge in [-0.1, -0.05) is 36.6 Å². The van der Waals surface area contributed by atoms with Crippen molar-refractivity contribution in [1.29, 1.82) is 0 Å². The van der Waals surface area contributed by atoms with Crippen LogP contribution < -0.4 is 0 Å². The van der Waals surface area contributed by atoms with E-state index >= 15 is 0 Å². The Morgan fingerprint density at radius 1 is 1.23 bits per heavy atom. The second-order valence-corrected chi connectivity index (χ2v) is 7.42. The van der Waals surface area contributed by atoms with Gasteiger partial charge < -0.3 is 14.9 Å². The van der Waals surface area contributed by atoms with Crippen molar-refractivity contribution in [2.45, 2.75) is 31.3 Å². The average molecular weight is 323 g/mol. The fraction of sp³-hybridized carbons (Fsp3) is 0.667. The van der Waals surface area contributed by atoms with Crippen LogP contribution in [-0.2, 0) is 5.60 Å². The molecule has 0 spiro atoms.